The lowest BCUT2D eigenvalue weighted by molar-refractivity contribution is 0.0953. The predicted molar refractivity (Wildman–Crippen MR) is 115 cm³/mol. The molecular formula is C23H24N2O4S. The highest BCUT2D eigenvalue weighted by molar-refractivity contribution is 7.91. The van der Waals surface area contributed by atoms with Crippen LogP contribution in [0.5, 0.6) is 5.75 Å². The summed E-state index contributed by atoms with van der Waals surface area (Å²) in [5.41, 5.74) is 3.08. The summed E-state index contributed by atoms with van der Waals surface area (Å²) in [6, 6.07) is 15.0. The third kappa shape index (κ3) is 4.68. The third-order valence-electron chi connectivity index (χ3n) is 5.04. The lowest BCUT2D eigenvalue weighted by atomic mass is 10.1. The van der Waals surface area contributed by atoms with E-state index in [-0.39, 0.29) is 17.3 Å². The third-order valence-corrected chi connectivity index (χ3v) is 7.15. The van der Waals surface area contributed by atoms with Crippen molar-refractivity contribution in [1.29, 1.82) is 0 Å². The van der Waals surface area contributed by atoms with Crippen LogP contribution in [-0.2, 0) is 9.84 Å². The lowest BCUT2D eigenvalue weighted by Crippen LogP contribution is -2.32. The van der Waals surface area contributed by atoms with Gasteiger partial charge in [-0.3, -0.25) is 9.78 Å². The van der Waals surface area contributed by atoms with E-state index < -0.39 is 15.1 Å². The monoisotopic (exact) mass is 424 g/mol. The molecule has 7 heteroatoms. The number of nitrogens with one attached hydrogen (secondary N) is 1. The van der Waals surface area contributed by atoms with Crippen molar-refractivity contribution in [3.63, 3.8) is 0 Å². The summed E-state index contributed by atoms with van der Waals surface area (Å²) in [4.78, 5) is 16.9. The maximum absolute atomic E-state index is 13.4. The number of hydrogen-bond acceptors (Lipinski definition) is 5. The summed E-state index contributed by atoms with van der Waals surface area (Å²) in [6.07, 6.45) is 3.09. The van der Waals surface area contributed by atoms with E-state index >= 15 is 0 Å². The summed E-state index contributed by atoms with van der Waals surface area (Å²) in [5, 5.41) is 1.80. The van der Waals surface area contributed by atoms with Crippen molar-refractivity contribution in [2.45, 2.75) is 24.0 Å². The van der Waals surface area contributed by atoms with E-state index in [1.165, 1.54) is 25.4 Å². The average Bonchev–Trinajstić information content (AvgIpc) is 2.76. The van der Waals surface area contributed by atoms with E-state index in [4.69, 9.17) is 4.74 Å². The van der Waals surface area contributed by atoms with Crippen LogP contribution in [0.25, 0.3) is 0 Å². The minimum Gasteiger partial charge on any atom is -0.497 e. The number of aryl methyl sites for hydroxylation is 2. The number of sulfone groups is 1. The number of methoxy groups -OCH3 is 1. The molecule has 1 N–H and O–H groups in total. The SMILES string of the molecule is COc1ccc(S(=O)(=O)[C@@H](CNC(=O)c2ccc(C)c(C)c2)c2cccnc2)cc1. The van der Waals surface area contributed by atoms with Gasteiger partial charge in [-0.05, 0) is 73.0 Å². The second-order valence-electron chi connectivity index (χ2n) is 7.00. The van der Waals surface area contributed by atoms with Crippen LogP contribution in [0, 0.1) is 13.8 Å². The standard InChI is InChI=1S/C23H24N2O4S/c1-16-6-7-18(13-17(16)2)23(26)25-15-22(19-5-4-12-24-14-19)30(27,28)21-10-8-20(29-3)9-11-21/h4-14,22H,15H2,1-3H3,(H,25,26)/t22-/m0/s1. The van der Waals surface area contributed by atoms with Gasteiger partial charge in [-0.1, -0.05) is 12.1 Å². The highest BCUT2D eigenvalue weighted by Gasteiger charge is 2.30. The smallest absolute Gasteiger partial charge is 0.251 e. The Bertz CT molecular complexity index is 1130. The molecule has 0 fully saturated rings. The number of ether oxygens (including phenoxy) is 1. The molecule has 2 aromatic carbocycles. The fourth-order valence-corrected chi connectivity index (χ4v) is 4.72. The molecule has 0 aliphatic heterocycles. The van der Waals surface area contributed by atoms with Gasteiger partial charge in [-0.2, -0.15) is 0 Å². The molecule has 156 valence electrons. The van der Waals surface area contributed by atoms with Gasteiger partial charge in [-0.15, -0.1) is 0 Å². The highest BCUT2D eigenvalue weighted by atomic mass is 32.2. The summed E-state index contributed by atoms with van der Waals surface area (Å²) in [7, 11) is -2.26. The van der Waals surface area contributed by atoms with Crippen LogP contribution in [0.15, 0.2) is 71.9 Å². The number of aromatic nitrogens is 1. The molecule has 6 nitrogen and oxygen atoms in total. The number of rotatable bonds is 7. The van der Waals surface area contributed by atoms with Crippen molar-refractivity contribution >= 4 is 15.7 Å². The molecule has 0 unspecified atom stereocenters. The van der Waals surface area contributed by atoms with Crippen molar-refractivity contribution in [3.05, 3.63) is 89.2 Å². The first-order valence-electron chi connectivity index (χ1n) is 9.46. The Hall–Kier alpha value is -3.19. The highest BCUT2D eigenvalue weighted by Crippen LogP contribution is 2.29. The van der Waals surface area contributed by atoms with Crippen LogP contribution >= 0.6 is 0 Å². The fourth-order valence-electron chi connectivity index (χ4n) is 3.07. The number of nitrogens with zero attached hydrogens (tertiary/aromatic N) is 1. The fraction of sp³-hybridized carbons (Fsp3) is 0.217. The molecule has 0 saturated heterocycles. The minimum atomic E-state index is -3.78. The Morgan fingerprint density at radius 1 is 1.07 bits per heavy atom. The first kappa shape index (κ1) is 21.5. The van der Waals surface area contributed by atoms with Crippen LogP contribution in [0.2, 0.25) is 0 Å². The van der Waals surface area contributed by atoms with E-state index in [2.05, 4.69) is 10.3 Å². The minimum absolute atomic E-state index is 0.0776. The van der Waals surface area contributed by atoms with Crippen LogP contribution in [0.4, 0.5) is 0 Å². The molecule has 1 heterocycles. The van der Waals surface area contributed by atoms with Crippen molar-refractivity contribution in [2.75, 3.05) is 13.7 Å². The molecule has 0 radical (unpaired) electrons. The molecule has 3 rings (SSSR count). The molecule has 0 aliphatic carbocycles. The topological polar surface area (TPSA) is 85.4 Å². The molecule has 3 aromatic rings. The van der Waals surface area contributed by atoms with Gasteiger partial charge in [0.25, 0.3) is 5.91 Å². The van der Waals surface area contributed by atoms with E-state index in [1.807, 2.05) is 19.9 Å². The molecule has 0 saturated carbocycles. The van der Waals surface area contributed by atoms with E-state index in [0.29, 0.717) is 16.9 Å². The summed E-state index contributed by atoms with van der Waals surface area (Å²) in [5.74, 6) is 0.242. The van der Waals surface area contributed by atoms with E-state index in [9.17, 15) is 13.2 Å². The normalized spacial score (nSPS) is 12.2. The largest absolute Gasteiger partial charge is 0.497 e. The molecule has 0 spiro atoms. The van der Waals surface area contributed by atoms with Gasteiger partial charge < -0.3 is 10.1 Å². The Balaban J connectivity index is 1.89. The van der Waals surface area contributed by atoms with Crippen molar-refractivity contribution in [1.82, 2.24) is 10.3 Å². The van der Waals surface area contributed by atoms with Crippen molar-refractivity contribution in [3.8, 4) is 5.75 Å². The Labute approximate surface area is 176 Å². The zero-order valence-electron chi connectivity index (χ0n) is 17.1. The summed E-state index contributed by atoms with van der Waals surface area (Å²) < 4.78 is 31.8. The van der Waals surface area contributed by atoms with Crippen LogP contribution < -0.4 is 10.1 Å². The molecular weight excluding hydrogens is 400 g/mol. The summed E-state index contributed by atoms with van der Waals surface area (Å²) >= 11 is 0. The van der Waals surface area contributed by atoms with Gasteiger partial charge in [0.1, 0.15) is 11.0 Å². The molecule has 1 aromatic heterocycles. The van der Waals surface area contributed by atoms with Gasteiger partial charge >= 0.3 is 0 Å². The summed E-state index contributed by atoms with van der Waals surface area (Å²) in [6.45, 7) is 3.82. The maximum Gasteiger partial charge on any atom is 0.251 e. The number of hydrogen-bond donors (Lipinski definition) is 1. The molecule has 0 aliphatic rings. The maximum atomic E-state index is 13.4. The zero-order chi connectivity index (χ0) is 21.7. The van der Waals surface area contributed by atoms with Crippen LogP contribution in [-0.4, -0.2) is 33.0 Å². The molecule has 1 atom stereocenters. The number of benzene rings is 2. The van der Waals surface area contributed by atoms with Gasteiger partial charge in [0.15, 0.2) is 9.84 Å². The van der Waals surface area contributed by atoms with E-state index in [1.54, 1.807) is 42.6 Å². The van der Waals surface area contributed by atoms with Gasteiger partial charge in [0.05, 0.1) is 12.0 Å². The average molecular weight is 425 g/mol. The second-order valence-corrected chi connectivity index (χ2v) is 9.14. The van der Waals surface area contributed by atoms with Gasteiger partial charge in [0.2, 0.25) is 0 Å². The Morgan fingerprint density at radius 3 is 2.40 bits per heavy atom. The van der Waals surface area contributed by atoms with Crippen LogP contribution in [0.1, 0.15) is 32.3 Å². The first-order chi connectivity index (χ1) is 14.3. The van der Waals surface area contributed by atoms with Crippen molar-refractivity contribution < 1.29 is 17.9 Å². The predicted octanol–water partition coefficient (Wildman–Crippen LogP) is 3.65. The molecule has 30 heavy (non-hydrogen) atoms. The second kappa shape index (κ2) is 9.09. The van der Waals surface area contributed by atoms with Gasteiger partial charge in [-0.25, -0.2) is 8.42 Å². The first-order valence-corrected chi connectivity index (χ1v) is 11.0. The van der Waals surface area contributed by atoms with E-state index in [0.717, 1.165) is 11.1 Å². The Morgan fingerprint density at radius 2 is 1.80 bits per heavy atom. The number of amides is 1. The number of carbonyl (C=O) groups is 1. The number of pyridine rings is 1. The van der Waals surface area contributed by atoms with Crippen LogP contribution in [0.3, 0.4) is 0 Å². The molecule has 0 bridgehead atoms. The van der Waals surface area contributed by atoms with Gasteiger partial charge in [0, 0.05) is 24.5 Å². The lowest BCUT2D eigenvalue weighted by Gasteiger charge is -2.19. The Kier molecular flexibility index (Phi) is 6.52. The van der Waals surface area contributed by atoms with Crippen molar-refractivity contribution in [2.24, 2.45) is 0 Å². The zero-order valence-corrected chi connectivity index (χ0v) is 17.9. The quantitative estimate of drug-likeness (QED) is 0.626. The molecule has 1 amide bonds. The number of carbonyl (C=O) groups excluding carboxylic acids is 1.